The summed E-state index contributed by atoms with van der Waals surface area (Å²) in [6.45, 7) is 2.07. The molecule has 1 nitrogen and oxygen atoms in total. The number of nitrogen functional groups attached to an aromatic ring is 1. The maximum absolute atomic E-state index is 13.0. The van der Waals surface area contributed by atoms with E-state index in [1.165, 1.54) is 17.2 Å². The summed E-state index contributed by atoms with van der Waals surface area (Å²) < 4.78 is 13.0. The molecule has 0 aliphatic heterocycles. The van der Waals surface area contributed by atoms with Gasteiger partial charge in [0.05, 0.1) is 5.69 Å². The van der Waals surface area contributed by atoms with E-state index in [2.05, 4.69) is 31.2 Å². The van der Waals surface area contributed by atoms with Crippen LogP contribution in [-0.4, -0.2) is 0 Å². The topological polar surface area (TPSA) is 26.0 Å². The molecular weight excluding hydrogens is 213 g/mol. The highest BCUT2D eigenvalue weighted by Gasteiger charge is 2.00. The first-order valence-corrected chi connectivity index (χ1v) is 5.74. The first-order valence-electron chi connectivity index (χ1n) is 5.74. The molecule has 0 heterocycles. The molecule has 0 spiro atoms. The first kappa shape index (κ1) is 11.6. The molecule has 2 heteroatoms. The standard InChI is InChI=1S/C15H16FN/c1-11-2-4-12(5-3-11)6-7-13-8-9-14(16)15(17)10-13/h2-5,8-10H,6-7,17H2,1H3. The van der Waals surface area contributed by atoms with Gasteiger partial charge in [-0.2, -0.15) is 0 Å². The van der Waals surface area contributed by atoms with E-state index in [0.717, 1.165) is 18.4 Å². The molecule has 0 bridgehead atoms. The van der Waals surface area contributed by atoms with Gasteiger partial charge >= 0.3 is 0 Å². The number of hydrogen-bond donors (Lipinski definition) is 1. The predicted octanol–water partition coefficient (Wildman–Crippen LogP) is 3.50. The van der Waals surface area contributed by atoms with Gasteiger partial charge in [0.1, 0.15) is 5.82 Å². The number of anilines is 1. The maximum atomic E-state index is 13.0. The Labute approximate surface area is 101 Å². The van der Waals surface area contributed by atoms with Gasteiger partial charge in [-0.1, -0.05) is 35.9 Å². The Morgan fingerprint density at radius 1 is 0.941 bits per heavy atom. The molecule has 2 rings (SSSR count). The highest BCUT2D eigenvalue weighted by molar-refractivity contribution is 5.42. The molecule has 2 N–H and O–H groups in total. The lowest BCUT2D eigenvalue weighted by molar-refractivity contribution is 0.631. The van der Waals surface area contributed by atoms with Crippen molar-refractivity contribution >= 4 is 5.69 Å². The molecule has 0 aliphatic carbocycles. The van der Waals surface area contributed by atoms with Crippen molar-refractivity contribution in [2.75, 3.05) is 5.73 Å². The average Bonchev–Trinajstić information content (AvgIpc) is 2.33. The largest absolute Gasteiger partial charge is 0.396 e. The van der Waals surface area contributed by atoms with Gasteiger partial charge in [-0.25, -0.2) is 4.39 Å². The lowest BCUT2D eigenvalue weighted by atomic mass is 10.0. The molecule has 0 unspecified atom stereocenters. The summed E-state index contributed by atoms with van der Waals surface area (Å²) in [5, 5.41) is 0. The second-order valence-corrected chi connectivity index (χ2v) is 4.34. The maximum Gasteiger partial charge on any atom is 0.146 e. The molecule has 0 atom stereocenters. The molecule has 88 valence electrons. The minimum absolute atomic E-state index is 0.228. The minimum Gasteiger partial charge on any atom is -0.396 e. The van der Waals surface area contributed by atoms with Gasteiger partial charge in [-0.3, -0.25) is 0 Å². The third kappa shape index (κ3) is 3.06. The van der Waals surface area contributed by atoms with Gasteiger partial charge < -0.3 is 5.73 Å². The second-order valence-electron chi connectivity index (χ2n) is 4.34. The first-order chi connectivity index (χ1) is 8.15. The molecule has 2 aromatic carbocycles. The summed E-state index contributed by atoms with van der Waals surface area (Å²) in [6.07, 6.45) is 1.83. The monoisotopic (exact) mass is 229 g/mol. The van der Waals surface area contributed by atoms with Crippen LogP contribution in [-0.2, 0) is 12.8 Å². The van der Waals surface area contributed by atoms with Crippen LogP contribution in [0.3, 0.4) is 0 Å². The van der Waals surface area contributed by atoms with Gasteiger partial charge in [0.25, 0.3) is 0 Å². The molecule has 17 heavy (non-hydrogen) atoms. The van der Waals surface area contributed by atoms with Gasteiger partial charge in [-0.15, -0.1) is 0 Å². The van der Waals surface area contributed by atoms with E-state index in [9.17, 15) is 4.39 Å². The van der Waals surface area contributed by atoms with Crippen LogP contribution in [0.5, 0.6) is 0 Å². The number of nitrogens with two attached hydrogens (primary N) is 1. The van der Waals surface area contributed by atoms with E-state index in [4.69, 9.17) is 5.73 Å². The van der Waals surface area contributed by atoms with Crippen molar-refractivity contribution in [3.63, 3.8) is 0 Å². The van der Waals surface area contributed by atoms with Gasteiger partial charge in [0.2, 0.25) is 0 Å². The quantitative estimate of drug-likeness (QED) is 0.801. The third-order valence-electron chi connectivity index (χ3n) is 2.88. The van der Waals surface area contributed by atoms with Gasteiger partial charge in [0.15, 0.2) is 0 Å². The zero-order valence-electron chi connectivity index (χ0n) is 9.91. The Morgan fingerprint density at radius 3 is 2.18 bits per heavy atom. The number of hydrogen-bond acceptors (Lipinski definition) is 1. The Bertz CT molecular complexity index is 503. The molecule has 0 saturated carbocycles. The summed E-state index contributed by atoms with van der Waals surface area (Å²) >= 11 is 0. The highest BCUT2D eigenvalue weighted by atomic mass is 19.1. The highest BCUT2D eigenvalue weighted by Crippen LogP contribution is 2.14. The molecule has 0 amide bonds. The van der Waals surface area contributed by atoms with Gasteiger partial charge in [-0.05, 0) is 43.0 Å². The van der Waals surface area contributed by atoms with E-state index in [-0.39, 0.29) is 11.5 Å². The van der Waals surface area contributed by atoms with E-state index in [1.807, 2.05) is 0 Å². The van der Waals surface area contributed by atoms with Crippen LogP contribution in [0.4, 0.5) is 10.1 Å². The zero-order chi connectivity index (χ0) is 12.3. The zero-order valence-corrected chi connectivity index (χ0v) is 9.91. The van der Waals surface area contributed by atoms with Gasteiger partial charge in [0, 0.05) is 0 Å². The van der Waals surface area contributed by atoms with Crippen LogP contribution in [0.2, 0.25) is 0 Å². The molecule has 0 aliphatic rings. The van der Waals surface area contributed by atoms with E-state index in [0.29, 0.717) is 0 Å². The Balaban J connectivity index is 2.02. The van der Waals surface area contributed by atoms with Crippen molar-refractivity contribution < 1.29 is 4.39 Å². The smallest absolute Gasteiger partial charge is 0.146 e. The fourth-order valence-electron chi connectivity index (χ4n) is 1.79. The summed E-state index contributed by atoms with van der Waals surface area (Å²) in [7, 11) is 0. The molecule has 0 saturated heterocycles. The lowest BCUT2D eigenvalue weighted by Gasteiger charge is -2.04. The number of benzene rings is 2. The van der Waals surface area contributed by atoms with E-state index < -0.39 is 0 Å². The minimum atomic E-state index is -0.343. The van der Waals surface area contributed by atoms with Crippen LogP contribution in [0.15, 0.2) is 42.5 Å². The lowest BCUT2D eigenvalue weighted by Crippen LogP contribution is -1.95. The van der Waals surface area contributed by atoms with Crippen molar-refractivity contribution in [2.45, 2.75) is 19.8 Å². The third-order valence-corrected chi connectivity index (χ3v) is 2.88. The Hall–Kier alpha value is -1.83. The number of aryl methyl sites for hydroxylation is 3. The van der Waals surface area contributed by atoms with Crippen molar-refractivity contribution in [1.82, 2.24) is 0 Å². The van der Waals surface area contributed by atoms with Crippen molar-refractivity contribution in [3.05, 3.63) is 65.0 Å². The van der Waals surface area contributed by atoms with Crippen molar-refractivity contribution in [3.8, 4) is 0 Å². The normalized spacial score (nSPS) is 10.5. The summed E-state index contributed by atoms with van der Waals surface area (Å²) in [5.41, 5.74) is 9.39. The number of rotatable bonds is 3. The number of halogens is 1. The van der Waals surface area contributed by atoms with Crippen LogP contribution < -0.4 is 5.73 Å². The average molecular weight is 229 g/mol. The molecule has 0 aromatic heterocycles. The van der Waals surface area contributed by atoms with Crippen molar-refractivity contribution in [1.29, 1.82) is 0 Å². The fraction of sp³-hybridized carbons (Fsp3) is 0.200. The SMILES string of the molecule is Cc1ccc(CCc2ccc(F)c(N)c2)cc1. The Morgan fingerprint density at radius 2 is 1.53 bits per heavy atom. The van der Waals surface area contributed by atoms with E-state index >= 15 is 0 Å². The fourth-order valence-corrected chi connectivity index (χ4v) is 1.79. The molecule has 0 fully saturated rings. The van der Waals surface area contributed by atoms with Crippen LogP contribution in [0.25, 0.3) is 0 Å². The van der Waals surface area contributed by atoms with Crippen LogP contribution >= 0.6 is 0 Å². The molecular formula is C15H16FN. The Kier molecular flexibility index (Phi) is 3.43. The van der Waals surface area contributed by atoms with Crippen LogP contribution in [0.1, 0.15) is 16.7 Å². The molecule has 0 radical (unpaired) electrons. The predicted molar refractivity (Wildman–Crippen MR) is 69.4 cm³/mol. The van der Waals surface area contributed by atoms with Crippen molar-refractivity contribution in [2.24, 2.45) is 0 Å². The second kappa shape index (κ2) is 5.00. The summed E-state index contributed by atoms with van der Waals surface area (Å²) in [4.78, 5) is 0. The van der Waals surface area contributed by atoms with Crippen LogP contribution in [0, 0.1) is 12.7 Å². The summed E-state index contributed by atoms with van der Waals surface area (Å²) in [5.74, 6) is -0.343. The van der Waals surface area contributed by atoms with E-state index in [1.54, 1.807) is 12.1 Å². The molecule has 2 aromatic rings. The summed E-state index contributed by atoms with van der Waals surface area (Å²) in [6, 6.07) is 13.4.